The van der Waals surface area contributed by atoms with Crippen LogP contribution in [-0.4, -0.2) is 35.5 Å². The lowest BCUT2D eigenvalue weighted by molar-refractivity contribution is -0.123. The Morgan fingerprint density at radius 1 is 1.07 bits per heavy atom. The van der Waals surface area contributed by atoms with E-state index < -0.39 is 6.04 Å². The van der Waals surface area contributed by atoms with Gasteiger partial charge in [-0.2, -0.15) is 0 Å². The minimum absolute atomic E-state index is 0. The van der Waals surface area contributed by atoms with Crippen molar-refractivity contribution >= 4 is 30.7 Å². The molecule has 3 atom stereocenters. The van der Waals surface area contributed by atoms with Crippen molar-refractivity contribution in [2.24, 2.45) is 5.73 Å². The molecular formula is C22H31Cl2N3O. The Balaban J connectivity index is 0.00000196. The summed E-state index contributed by atoms with van der Waals surface area (Å²) in [6.07, 6.45) is 2.52. The zero-order valence-corrected chi connectivity index (χ0v) is 17.9. The first-order chi connectivity index (χ1) is 12.6. The monoisotopic (exact) mass is 423 g/mol. The van der Waals surface area contributed by atoms with Gasteiger partial charge in [0.2, 0.25) is 5.91 Å². The van der Waals surface area contributed by atoms with Gasteiger partial charge in [-0.3, -0.25) is 9.69 Å². The lowest BCUT2D eigenvalue weighted by Gasteiger charge is -2.38. The quantitative estimate of drug-likeness (QED) is 0.746. The molecule has 6 heteroatoms. The van der Waals surface area contributed by atoms with Gasteiger partial charge < -0.3 is 11.1 Å². The molecule has 1 aliphatic heterocycles. The maximum atomic E-state index is 12.4. The Bertz CT molecular complexity index is 699. The molecule has 0 aromatic heterocycles. The van der Waals surface area contributed by atoms with Crippen molar-refractivity contribution in [2.45, 2.75) is 50.9 Å². The molecule has 154 valence electrons. The van der Waals surface area contributed by atoms with E-state index in [-0.39, 0.29) is 36.8 Å². The Morgan fingerprint density at radius 3 is 2.21 bits per heavy atom. The van der Waals surface area contributed by atoms with Gasteiger partial charge in [0.25, 0.3) is 0 Å². The van der Waals surface area contributed by atoms with Crippen LogP contribution in [0.5, 0.6) is 0 Å². The van der Waals surface area contributed by atoms with E-state index >= 15 is 0 Å². The molecule has 1 amide bonds. The van der Waals surface area contributed by atoms with E-state index in [1.807, 2.05) is 36.4 Å². The van der Waals surface area contributed by atoms with E-state index in [1.54, 1.807) is 0 Å². The van der Waals surface area contributed by atoms with Crippen LogP contribution >= 0.6 is 24.8 Å². The minimum atomic E-state index is -0.491. The number of likely N-dealkylation sites (tertiary alicyclic amines) is 1. The van der Waals surface area contributed by atoms with E-state index in [0.29, 0.717) is 12.5 Å². The van der Waals surface area contributed by atoms with Gasteiger partial charge in [-0.25, -0.2) is 0 Å². The van der Waals surface area contributed by atoms with E-state index in [1.165, 1.54) is 5.56 Å². The van der Waals surface area contributed by atoms with Crippen LogP contribution in [0.25, 0.3) is 0 Å². The second-order valence-corrected chi connectivity index (χ2v) is 7.33. The third-order valence-electron chi connectivity index (χ3n) is 5.22. The summed E-state index contributed by atoms with van der Waals surface area (Å²) in [4.78, 5) is 14.9. The summed E-state index contributed by atoms with van der Waals surface area (Å²) < 4.78 is 0. The average molecular weight is 424 g/mol. The number of piperidine rings is 1. The predicted octanol–water partition coefficient (Wildman–Crippen LogP) is 3.57. The van der Waals surface area contributed by atoms with Crippen molar-refractivity contribution < 1.29 is 4.79 Å². The third kappa shape index (κ3) is 7.10. The van der Waals surface area contributed by atoms with Crippen LogP contribution in [0.1, 0.15) is 30.9 Å². The normalized spacial score (nSPS) is 20.4. The zero-order valence-electron chi connectivity index (χ0n) is 16.3. The van der Waals surface area contributed by atoms with Crippen molar-refractivity contribution in [1.29, 1.82) is 0 Å². The minimum Gasteiger partial charge on any atom is -0.352 e. The molecule has 3 unspecified atom stereocenters. The Hall–Kier alpha value is -1.59. The summed E-state index contributed by atoms with van der Waals surface area (Å²) in [7, 11) is 0. The molecule has 0 aliphatic carbocycles. The van der Waals surface area contributed by atoms with Gasteiger partial charge in [0.05, 0.1) is 6.04 Å². The smallest absolute Gasteiger partial charge is 0.237 e. The number of amides is 1. The van der Waals surface area contributed by atoms with Crippen LogP contribution in [0.15, 0.2) is 60.7 Å². The van der Waals surface area contributed by atoms with Gasteiger partial charge in [0.15, 0.2) is 0 Å². The molecule has 28 heavy (non-hydrogen) atoms. The van der Waals surface area contributed by atoms with Crippen LogP contribution in [-0.2, 0) is 17.8 Å². The summed E-state index contributed by atoms with van der Waals surface area (Å²) in [5.41, 5.74) is 8.55. The first-order valence-corrected chi connectivity index (χ1v) is 9.49. The van der Waals surface area contributed by atoms with E-state index in [9.17, 15) is 4.79 Å². The molecule has 0 spiro atoms. The summed E-state index contributed by atoms with van der Waals surface area (Å²) in [6, 6.07) is 20.7. The molecule has 0 radical (unpaired) electrons. The Labute approximate surface area is 180 Å². The van der Waals surface area contributed by atoms with Crippen molar-refractivity contribution in [3.63, 3.8) is 0 Å². The number of carbonyl (C=O) groups excluding carboxylic acids is 1. The Kier molecular flexibility index (Phi) is 10.5. The largest absolute Gasteiger partial charge is 0.352 e. The predicted molar refractivity (Wildman–Crippen MR) is 120 cm³/mol. The summed E-state index contributed by atoms with van der Waals surface area (Å²) >= 11 is 0. The third-order valence-corrected chi connectivity index (χ3v) is 5.22. The maximum absolute atomic E-state index is 12.4. The second kappa shape index (κ2) is 12.1. The number of nitrogens with two attached hydrogens (primary N) is 1. The lowest BCUT2D eigenvalue weighted by Crippen LogP contribution is -2.52. The number of rotatable bonds is 6. The number of hydrogen-bond donors (Lipinski definition) is 2. The fraction of sp³-hybridized carbons (Fsp3) is 0.409. The highest BCUT2D eigenvalue weighted by atomic mass is 35.5. The first-order valence-electron chi connectivity index (χ1n) is 9.49. The van der Waals surface area contributed by atoms with E-state index in [2.05, 4.69) is 41.4 Å². The van der Waals surface area contributed by atoms with Crippen molar-refractivity contribution in [2.75, 3.05) is 6.54 Å². The molecule has 3 rings (SSSR count). The molecule has 4 nitrogen and oxygen atoms in total. The van der Waals surface area contributed by atoms with Crippen molar-refractivity contribution in [1.82, 2.24) is 10.2 Å². The SMILES string of the molecule is CC1CC(NC(=O)C(N)Cc2ccccc2)CCN1Cc1ccccc1.Cl.Cl. The number of carbonyl (C=O) groups is 1. The summed E-state index contributed by atoms with van der Waals surface area (Å²) in [5.74, 6) is -0.0393. The molecule has 2 aromatic carbocycles. The van der Waals surface area contributed by atoms with E-state index in [4.69, 9.17) is 5.73 Å². The highest BCUT2D eigenvalue weighted by Crippen LogP contribution is 2.20. The standard InChI is InChI=1S/C22H29N3O.2ClH/c1-17-14-20(12-13-25(17)16-19-10-6-3-7-11-19)24-22(26)21(23)15-18-8-4-2-5-9-18;;/h2-11,17,20-21H,12-16,23H2,1H3,(H,24,26);2*1H. The zero-order chi connectivity index (χ0) is 18.4. The molecule has 1 saturated heterocycles. The van der Waals surface area contributed by atoms with Crippen LogP contribution < -0.4 is 11.1 Å². The lowest BCUT2D eigenvalue weighted by atomic mass is 9.96. The van der Waals surface area contributed by atoms with Gasteiger partial charge >= 0.3 is 0 Å². The topological polar surface area (TPSA) is 58.4 Å². The van der Waals surface area contributed by atoms with Crippen LogP contribution in [0.2, 0.25) is 0 Å². The number of halogens is 2. The number of nitrogens with one attached hydrogen (secondary N) is 1. The number of nitrogens with zero attached hydrogens (tertiary/aromatic N) is 1. The van der Waals surface area contributed by atoms with Crippen LogP contribution in [0, 0.1) is 0 Å². The molecule has 0 bridgehead atoms. The molecule has 3 N–H and O–H groups in total. The molecule has 0 saturated carbocycles. The first kappa shape index (κ1) is 24.4. The number of benzene rings is 2. The molecule has 1 fully saturated rings. The summed E-state index contributed by atoms with van der Waals surface area (Å²) in [6.45, 7) is 4.20. The Morgan fingerprint density at radius 2 is 1.64 bits per heavy atom. The van der Waals surface area contributed by atoms with Gasteiger partial charge in [-0.15, -0.1) is 24.8 Å². The fourth-order valence-electron chi connectivity index (χ4n) is 3.67. The maximum Gasteiger partial charge on any atom is 0.237 e. The highest BCUT2D eigenvalue weighted by Gasteiger charge is 2.27. The average Bonchev–Trinajstić information content (AvgIpc) is 2.65. The molecule has 2 aromatic rings. The highest BCUT2D eigenvalue weighted by molar-refractivity contribution is 5.85. The van der Waals surface area contributed by atoms with Crippen LogP contribution in [0.3, 0.4) is 0 Å². The van der Waals surface area contributed by atoms with Gasteiger partial charge in [-0.1, -0.05) is 60.7 Å². The molecule has 1 heterocycles. The van der Waals surface area contributed by atoms with Crippen molar-refractivity contribution in [3.05, 3.63) is 71.8 Å². The molecular weight excluding hydrogens is 393 g/mol. The van der Waals surface area contributed by atoms with Gasteiger partial charge in [-0.05, 0) is 37.3 Å². The summed E-state index contributed by atoms with van der Waals surface area (Å²) in [5, 5.41) is 3.16. The fourth-order valence-corrected chi connectivity index (χ4v) is 3.67. The number of hydrogen-bond acceptors (Lipinski definition) is 3. The van der Waals surface area contributed by atoms with Crippen molar-refractivity contribution in [3.8, 4) is 0 Å². The van der Waals surface area contributed by atoms with Gasteiger partial charge in [0, 0.05) is 25.2 Å². The second-order valence-electron chi connectivity index (χ2n) is 7.33. The molecule has 1 aliphatic rings. The van der Waals surface area contributed by atoms with Gasteiger partial charge in [0.1, 0.15) is 0 Å². The van der Waals surface area contributed by atoms with E-state index in [0.717, 1.165) is 31.5 Å². The van der Waals surface area contributed by atoms with Crippen LogP contribution in [0.4, 0.5) is 0 Å².